The van der Waals surface area contributed by atoms with Crippen LogP contribution in [0.3, 0.4) is 0 Å². The molecule has 0 radical (unpaired) electrons. The normalized spacial score (nSPS) is 14.6. The topological polar surface area (TPSA) is 237 Å². The maximum Gasteiger partial charge on any atom is 0.472 e. The number of aliphatic hydroxyl groups excluding tert-OH is 1. The van der Waals surface area contributed by atoms with Crippen molar-refractivity contribution in [1.82, 2.24) is 0 Å². The van der Waals surface area contributed by atoms with Gasteiger partial charge in [-0.15, -0.1) is 0 Å². The number of carbonyl (C=O) groups excluding carboxylic acids is 4. The third-order valence-corrected chi connectivity index (χ3v) is 18.7. The van der Waals surface area contributed by atoms with Crippen molar-refractivity contribution in [3.05, 3.63) is 146 Å². The molecular formula is C87H146O17P2. The smallest absolute Gasteiger partial charge is 0.462 e. The SMILES string of the molecule is CC/C=C\C/C=C\C/C=C\C/C=C\C/C=C\CC(=O)OC(COC(=O)CCCCCCCC/C=C\C/C=C\C/C=C\C/C=C\CC)COP(=O)(O)OCC(O)COP(=O)(O)OCC(COC(=O)CCCCCCCC/C=C\C/C=C\C/C=C\CCCCC)OC(=O)CCCCCCCCCCCCCCC. The maximum atomic E-state index is 13.1. The first-order valence-corrected chi connectivity index (χ1v) is 44.1. The molecule has 0 aliphatic rings. The Balaban J connectivity index is 5.42. The first kappa shape index (κ1) is 101. The zero-order valence-electron chi connectivity index (χ0n) is 66.3. The van der Waals surface area contributed by atoms with Gasteiger partial charge in [0, 0.05) is 19.3 Å². The average molecular weight is 1530 g/mol. The highest BCUT2D eigenvalue weighted by atomic mass is 31.2. The molecule has 0 saturated carbocycles. The number of hydrogen-bond donors (Lipinski definition) is 3. The third kappa shape index (κ3) is 77.1. The minimum Gasteiger partial charge on any atom is -0.462 e. The van der Waals surface area contributed by atoms with E-state index in [0.717, 1.165) is 173 Å². The van der Waals surface area contributed by atoms with Gasteiger partial charge in [0.1, 0.15) is 19.3 Å². The lowest BCUT2D eigenvalue weighted by atomic mass is 10.0. The molecule has 19 heteroatoms. The zero-order chi connectivity index (χ0) is 77.4. The van der Waals surface area contributed by atoms with Crippen molar-refractivity contribution in [2.45, 2.75) is 341 Å². The second-order valence-corrected chi connectivity index (χ2v) is 29.9. The molecule has 0 aromatic carbocycles. The molecule has 106 heavy (non-hydrogen) atoms. The molecule has 0 rings (SSSR count). The Labute approximate surface area is 643 Å². The van der Waals surface area contributed by atoms with Crippen LogP contribution in [0.1, 0.15) is 323 Å². The summed E-state index contributed by atoms with van der Waals surface area (Å²) in [5.74, 6) is -2.35. The first-order chi connectivity index (χ1) is 51.7. The summed E-state index contributed by atoms with van der Waals surface area (Å²) in [6, 6.07) is 0. The molecule has 0 aromatic heterocycles. The number of ether oxygens (including phenoxy) is 4. The van der Waals surface area contributed by atoms with Crippen molar-refractivity contribution in [1.29, 1.82) is 0 Å². The van der Waals surface area contributed by atoms with E-state index in [1.54, 1.807) is 12.2 Å². The van der Waals surface area contributed by atoms with E-state index >= 15 is 0 Å². The Hall–Kier alpha value is -5.06. The maximum absolute atomic E-state index is 13.1. The third-order valence-electron chi connectivity index (χ3n) is 16.8. The highest BCUT2D eigenvalue weighted by Gasteiger charge is 2.30. The number of aliphatic hydroxyl groups is 1. The highest BCUT2D eigenvalue weighted by Crippen LogP contribution is 2.45. The van der Waals surface area contributed by atoms with Gasteiger partial charge in [-0.05, 0) is 128 Å². The van der Waals surface area contributed by atoms with Crippen LogP contribution in [-0.4, -0.2) is 96.7 Å². The molecule has 0 amide bonds. The fourth-order valence-electron chi connectivity index (χ4n) is 10.6. The van der Waals surface area contributed by atoms with Crippen LogP contribution in [0.15, 0.2) is 146 Å². The van der Waals surface area contributed by atoms with Crippen LogP contribution in [0.4, 0.5) is 0 Å². The molecule has 0 aliphatic carbocycles. The molecule has 0 heterocycles. The van der Waals surface area contributed by atoms with E-state index in [4.69, 9.17) is 37.0 Å². The lowest BCUT2D eigenvalue weighted by Crippen LogP contribution is -2.30. The van der Waals surface area contributed by atoms with E-state index in [1.165, 1.54) is 70.6 Å². The molecule has 17 nitrogen and oxygen atoms in total. The van der Waals surface area contributed by atoms with E-state index in [9.17, 15) is 43.2 Å². The highest BCUT2D eigenvalue weighted by molar-refractivity contribution is 7.47. The lowest BCUT2D eigenvalue weighted by molar-refractivity contribution is -0.161. The van der Waals surface area contributed by atoms with Gasteiger partial charge in [-0.1, -0.05) is 315 Å². The molecule has 0 aliphatic heterocycles. The van der Waals surface area contributed by atoms with Gasteiger partial charge in [0.05, 0.1) is 32.8 Å². The van der Waals surface area contributed by atoms with Crippen LogP contribution in [0.25, 0.3) is 0 Å². The van der Waals surface area contributed by atoms with Crippen LogP contribution in [0.5, 0.6) is 0 Å². The molecule has 3 N–H and O–H groups in total. The molecule has 0 aromatic rings. The van der Waals surface area contributed by atoms with Gasteiger partial charge in [0.15, 0.2) is 12.2 Å². The quantitative estimate of drug-likeness (QED) is 0.0169. The molecule has 0 spiro atoms. The Bertz CT molecular complexity index is 2580. The Morgan fingerprint density at radius 2 is 0.528 bits per heavy atom. The van der Waals surface area contributed by atoms with E-state index in [2.05, 4.69) is 149 Å². The summed E-state index contributed by atoms with van der Waals surface area (Å²) in [4.78, 5) is 73.0. The van der Waals surface area contributed by atoms with Crippen LogP contribution >= 0.6 is 15.6 Å². The van der Waals surface area contributed by atoms with Crippen LogP contribution < -0.4 is 0 Å². The monoisotopic (exact) mass is 1530 g/mol. The summed E-state index contributed by atoms with van der Waals surface area (Å²) in [5.41, 5.74) is 0. The molecule has 0 saturated heterocycles. The van der Waals surface area contributed by atoms with Crippen LogP contribution in [0.2, 0.25) is 0 Å². The van der Waals surface area contributed by atoms with Gasteiger partial charge in [0.2, 0.25) is 0 Å². The van der Waals surface area contributed by atoms with Crippen molar-refractivity contribution in [2.75, 3.05) is 39.6 Å². The van der Waals surface area contributed by atoms with Gasteiger partial charge >= 0.3 is 39.5 Å². The minimum atomic E-state index is -5.01. The largest absolute Gasteiger partial charge is 0.472 e. The van der Waals surface area contributed by atoms with E-state index < -0.39 is 97.5 Å². The van der Waals surface area contributed by atoms with Crippen LogP contribution in [-0.2, 0) is 65.4 Å². The van der Waals surface area contributed by atoms with Gasteiger partial charge in [-0.25, -0.2) is 9.13 Å². The number of phosphoric acid groups is 2. The van der Waals surface area contributed by atoms with Crippen molar-refractivity contribution >= 4 is 39.5 Å². The van der Waals surface area contributed by atoms with Gasteiger partial charge in [-0.2, -0.15) is 0 Å². The Morgan fingerprint density at radius 1 is 0.283 bits per heavy atom. The number of allylic oxidation sites excluding steroid dienone is 23. The zero-order valence-corrected chi connectivity index (χ0v) is 68.1. The summed E-state index contributed by atoms with van der Waals surface area (Å²) in [6.07, 6.45) is 89.9. The number of esters is 4. The van der Waals surface area contributed by atoms with E-state index in [0.29, 0.717) is 25.7 Å². The molecule has 5 unspecified atom stereocenters. The molecule has 606 valence electrons. The summed E-state index contributed by atoms with van der Waals surface area (Å²) >= 11 is 0. The first-order valence-electron chi connectivity index (χ1n) is 41.1. The standard InChI is InChI=1S/C87H146O17P2/c1-5-9-13-17-21-25-29-33-36-38-40-42-45-48-51-55-59-63-67-71-84(89)97-77-82(103-86(91)73-69-65-61-57-53-47-32-28-24-20-16-12-8-4)79-101-105(93,94)99-75-81(88)76-100-106(95,96)102-80-83(104-87(92)74-70-66-62-58-54-50-44-35-31-27-23-19-15-11-7-3)78-98-85(90)72-68-64-60-56-52-49-46-43-41-39-37-34-30-26-22-18-14-10-6-2/h10-11,14-15,21-23,25-27,33-37,40-44,54,58,66,70,81-83,88H,5-9,12-13,16-20,24,28-32,38-39,45-53,55-57,59-65,67-69,71-80H2,1-4H3,(H,93,94)(H,95,96)/b14-10-,15-11-,25-21-,26-22-,27-23-,36-33-,37-34-,42-40-,43-41-,44-35-,58-54-,70-66-. The summed E-state index contributed by atoms with van der Waals surface area (Å²) in [7, 11) is -10.0. The average Bonchev–Trinajstić information content (AvgIpc) is 0.903. The number of rotatable bonds is 76. The van der Waals surface area contributed by atoms with Gasteiger partial charge < -0.3 is 33.8 Å². The van der Waals surface area contributed by atoms with Gasteiger partial charge in [-0.3, -0.25) is 37.3 Å². The minimum absolute atomic E-state index is 0.0893. The van der Waals surface area contributed by atoms with E-state index in [-0.39, 0.29) is 25.7 Å². The van der Waals surface area contributed by atoms with Gasteiger partial charge in [0.25, 0.3) is 0 Å². The lowest BCUT2D eigenvalue weighted by Gasteiger charge is -2.21. The molecule has 0 fully saturated rings. The van der Waals surface area contributed by atoms with Crippen molar-refractivity contribution in [3.8, 4) is 0 Å². The van der Waals surface area contributed by atoms with Crippen molar-refractivity contribution in [3.63, 3.8) is 0 Å². The second kappa shape index (κ2) is 78.1. The summed E-state index contributed by atoms with van der Waals surface area (Å²) < 4.78 is 68.5. The van der Waals surface area contributed by atoms with Crippen molar-refractivity contribution < 1.29 is 80.2 Å². The molecule has 0 bridgehead atoms. The molecule has 5 atom stereocenters. The number of phosphoric ester groups is 2. The number of hydrogen-bond acceptors (Lipinski definition) is 15. The van der Waals surface area contributed by atoms with Crippen molar-refractivity contribution in [2.24, 2.45) is 0 Å². The Kier molecular flexibility index (Phi) is 74.3. The molecular weight excluding hydrogens is 1380 g/mol. The summed E-state index contributed by atoms with van der Waals surface area (Å²) in [6.45, 7) is 4.50. The number of unbranched alkanes of at least 4 members (excludes halogenated alkanes) is 27. The Morgan fingerprint density at radius 3 is 0.858 bits per heavy atom. The number of carbonyl (C=O) groups is 4. The van der Waals surface area contributed by atoms with Crippen LogP contribution in [0, 0.1) is 0 Å². The summed E-state index contributed by atoms with van der Waals surface area (Å²) in [5, 5.41) is 10.6. The predicted octanol–water partition coefficient (Wildman–Crippen LogP) is 24.2. The fourth-order valence-corrected chi connectivity index (χ4v) is 12.2. The second-order valence-electron chi connectivity index (χ2n) is 27.0. The fraction of sp³-hybridized carbons (Fsp3) is 0.678. The van der Waals surface area contributed by atoms with E-state index in [1.807, 2.05) is 12.2 Å². The predicted molar refractivity (Wildman–Crippen MR) is 436 cm³/mol.